The second-order valence-corrected chi connectivity index (χ2v) is 6.95. The number of ether oxygens (including phenoxy) is 2. The molecule has 0 amide bonds. The fourth-order valence-corrected chi connectivity index (χ4v) is 3.62. The molecule has 1 unspecified atom stereocenters. The number of nitrogens with zero attached hydrogens (tertiary/aromatic N) is 3. The van der Waals surface area contributed by atoms with Crippen LogP contribution in [0.4, 0.5) is 0 Å². The maximum Gasteiger partial charge on any atom is 0.292 e. The minimum Gasteiger partial charge on any atom is -0.443 e. The van der Waals surface area contributed by atoms with Gasteiger partial charge < -0.3 is 14.4 Å². The van der Waals surface area contributed by atoms with E-state index >= 15 is 0 Å². The van der Waals surface area contributed by atoms with Crippen LogP contribution in [0.5, 0.6) is 11.5 Å². The highest BCUT2D eigenvalue weighted by Crippen LogP contribution is 2.48. The molecule has 1 aromatic carbocycles. The van der Waals surface area contributed by atoms with Crippen LogP contribution in [-0.4, -0.2) is 30.0 Å². The fourth-order valence-electron chi connectivity index (χ4n) is 3.62. The third kappa shape index (κ3) is 2.83. The Kier molecular flexibility index (Phi) is 3.85. The normalized spacial score (nSPS) is 23.4. The van der Waals surface area contributed by atoms with Crippen molar-refractivity contribution in [1.82, 2.24) is 9.88 Å². The van der Waals surface area contributed by atoms with Gasteiger partial charge in [0.1, 0.15) is 11.8 Å². The maximum absolute atomic E-state index is 8.94. The number of hydrogen-bond donors (Lipinski definition) is 0. The summed E-state index contributed by atoms with van der Waals surface area (Å²) in [4.78, 5) is 6.72. The van der Waals surface area contributed by atoms with E-state index in [4.69, 9.17) is 14.7 Å². The SMILES string of the molecule is CN1CCC(c2cccc3c2OC(C)(c2ccc(C#N)cn2)O3)CC1. The molecule has 1 atom stereocenters. The minimum absolute atomic E-state index is 0.492. The molecule has 2 aromatic rings. The molecule has 1 aromatic heterocycles. The summed E-state index contributed by atoms with van der Waals surface area (Å²) in [6, 6.07) is 11.7. The zero-order valence-electron chi connectivity index (χ0n) is 14.5. The van der Waals surface area contributed by atoms with Gasteiger partial charge in [-0.15, -0.1) is 0 Å². The second kappa shape index (κ2) is 6.05. The van der Waals surface area contributed by atoms with E-state index < -0.39 is 5.79 Å². The van der Waals surface area contributed by atoms with E-state index in [1.165, 1.54) is 5.56 Å². The zero-order valence-corrected chi connectivity index (χ0v) is 14.5. The van der Waals surface area contributed by atoms with Gasteiger partial charge in [0.15, 0.2) is 11.5 Å². The third-order valence-corrected chi connectivity index (χ3v) is 5.13. The number of hydrogen-bond acceptors (Lipinski definition) is 5. The lowest BCUT2D eigenvalue weighted by Gasteiger charge is -2.30. The van der Waals surface area contributed by atoms with Gasteiger partial charge in [-0.1, -0.05) is 12.1 Å². The number of fused-ring (bicyclic) bond motifs is 1. The average Bonchev–Trinajstić information content (AvgIpc) is 3.00. The molecular formula is C20H21N3O2. The number of piperidine rings is 1. The van der Waals surface area contributed by atoms with E-state index in [9.17, 15) is 0 Å². The molecule has 3 heterocycles. The first-order chi connectivity index (χ1) is 12.1. The summed E-state index contributed by atoms with van der Waals surface area (Å²) < 4.78 is 12.4. The Bertz CT molecular complexity index is 820. The van der Waals surface area contributed by atoms with Crippen LogP contribution < -0.4 is 9.47 Å². The van der Waals surface area contributed by atoms with Crippen molar-refractivity contribution in [3.05, 3.63) is 53.3 Å². The molecule has 0 bridgehead atoms. The van der Waals surface area contributed by atoms with Crippen molar-refractivity contribution in [2.24, 2.45) is 0 Å². The molecule has 1 saturated heterocycles. The molecule has 4 rings (SSSR count). The van der Waals surface area contributed by atoms with Gasteiger partial charge in [-0.3, -0.25) is 4.98 Å². The van der Waals surface area contributed by atoms with Crippen LogP contribution in [0, 0.1) is 11.3 Å². The number of likely N-dealkylation sites (tertiary alicyclic amines) is 1. The molecule has 5 nitrogen and oxygen atoms in total. The van der Waals surface area contributed by atoms with Crippen molar-refractivity contribution < 1.29 is 9.47 Å². The maximum atomic E-state index is 8.94. The number of benzene rings is 1. The van der Waals surface area contributed by atoms with Gasteiger partial charge in [0.05, 0.1) is 5.56 Å². The fraction of sp³-hybridized carbons (Fsp3) is 0.400. The van der Waals surface area contributed by atoms with E-state index in [1.54, 1.807) is 18.3 Å². The average molecular weight is 335 g/mol. The predicted molar refractivity (Wildman–Crippen MR) is 93.5 cm³/mol. The van der Waals surface area contributed by atoms with Gasteiger partial charge in [-0.2, -0.15) is 5.26 Å². The summed E-state index contributed by atoms with van der Waals surface area (Å²) >= 11 is 0. The lowest BCUT2D eigenvalue weighted by Crippen LogP contribution is -2.33. The van der Waals surface area contributed by atoms with E-state index in [0.29, 0.717) is 17.2 Å². The quantitative estimate of drug-likeness (QED) is 0.842. The summed E-state index contributed by atoms with van der Waals surface area (Å²) in [5.41, 5.74) is 2.41. The molecule has 128 valence electrons. The standard InChI is InChI=1S/C20H21N3O2/c1-20(18-7-6-14(12-21)13-22-18)24-17-5-3-4-16(19(17)25-20)15-8-10-23(2)11-9-15/h3-7,13,15H,8-11H2,1-2H3. The van der Waals surface area contributed by atoms with Crippen LogP contribution in [0.15, 0.2) is 36.5 Å². The highest BCUT2D eigenvalue weighted by molar-refractivity contribution is 5.51. The number of nitriles is 1. The first-order valence-corrected chi connectivity index (χ1v) is 8.65. The Labute approximate surface area is 147 Å². The summed E-state index contributed by atoms with van der Waals surface area (Å²) in [7, 11) is 2.17. The largest absolute Gasteiger partial charge is 0.443 e. The Balaban J connectivity index is 1.63. The number of aromatic nitrogens is 1. The van der Waals surface area contributed by atoms with E-state index in [-0.39, 0.29) is 0 Å². The summed E-state index contributed by atoms with van der Waals surface area (Å²) in [6.07, 6.45) is 3.80. The molecule has 0 aliphatic carbocycles. The molecule has 0 saturated carbocycles. The van der Waals surface area contributed by atoms with Crippen molar-refractivity contribution in [2.75, 3.05) is 20.1 Å². The predicted octanol–water partition coefficient (Wildman–Crippen LogP) is 3.41. The molecule has 0 radical (unpaired) electrons. The van der Waals surface area contributed by atoms with Gasteiger partial charge in [-0.25, -0.2) is 0 Å². The lowest BCUT2D eigenvalue weighted by molar-refractivity contribution is -0.0722. The van der Waals surface area contributed by atoms with Crippen molar-refractivity contribution in [3.8, 4) is 17.6 Å². The highest BCUT2D eigenvalue weighted by atomic mass is 16.7. The smallest absolute Gasteiger partial charge is 0.292 e. The molecule has 0 spiro atoms. The minimum atomic E-state index is -0.960. The first kappa shape index (κ1) is 15.9. The van der Waals surface area contributed by atoms with Gasteiger partial charge in [0, 0.05) is 18.7 Å². The zero-order chi connectivity index (χ0) is 17.4. The van der Waals surface area contributed by atoms with Gasteiger partial charge in [0.2, 0.25) is 0 Å². The van der Waals surface area contributed by atoms with Crippen LogP contribution in [0.2, 0.25) is 0 Å². The molecule has 2 aliphatic heterocycles. The molecule has 0 N–H and O–H groups in total. The van der Waals surface area contributed by atoms with Crippen LogP contribution in [-0.2, 0) is 5.79 Å². The van der Waals surface area contributed by atoms with Crippen molar-refractivity contribution in [1.29, 1.82) is 5.26 Å². The van der Waals surface area contributed by atoms with Gasteiger partial charge in [0.25, 0.3) is 5.79 Å². The van der Waals surface area contributed by atoms with Crippen LogP contribution >= 0.6 is 0 Å². The number of pyridine rings is 1. The van der Waals surface area contributed by atoms with Crippen LogP contribution in [0.25, 0.3) is 0 Å². The summed E-state index contributed by atoms with van der Waals surface area (Å²) in [5.74, 6) is 1.14. The molecule has 2 aliphatic rings. The van der Waals surface area contributed by atoms with E-state index in [1.807, 2.05) is 19.1 Å². The first-order valence-electron chi connectivity index (χ1n) is 8.65. The summed E-state index contributed by atoms with van der Waals surface area (Å²) in [5, 5.41) is 8.94. The van der Waals surface area contributed by atoms with E-state index in [0.717, 1.165) is 37.4 Å². The Morgan fingerprint density at radius 2 is 2.00 bits per heavy atom. The van der Waals surface area contributed by atoms with Gasteiger partial charge in [-0.05, 0) is 57.1 Å². The Hall–Kier alpha value is -2.58. The van der Waals surface area contributed by atoms with Gasteiger partial charge >= 0.3 is 0 Å². The molecule has 1 fully saturated rings. The highest BCUT2D eigenvalue weighted by Gasteiger charge is 2.42. The molecule has 25 heavy (non-hydrogen) atoms. The Morgan fingerprint density at radius 1 is 1.20 bits per heavy atom. The lowest BCUT2D eigenvalue weighted by atomic mass is 9.89. The van der Waals surface area contributed by atoms with Crippen LogP contribution in [0.1, 0.15) is 42.5 Å². The molecule has 5 heteroatoms. The van der Waals surface area contributed by atoms with Crippen molar-refractivity contribution in [3.63, 3.8) is 0 Å². The number of para-hydroxylation sites is 1. The van der Waals surface area contributed by atoms with E-state index in [2.05, 4.69) is 29.1 Å². The molecular weight excluding hydrogens is 314 g/mol. The van der Waals surface area contributed by atoms with Crippen molar-refractivity contribution >= 4 is 0 Å². The second-order valence-electron chi connectivity index (χ2n) is 6.95. The third-order valence-electron chi connectivity index (χ3n) is 5.13. The number of rotatable bonds is 2. The monoisotopic (exact) mass is 335 g/mol. The van der Waals surface area contributed by atoms with Crippen LogP contribution in [0.3, 0.4) is 0 Å². The van der Waals surface area contributed by atoms with Crippen molar-refractivity contribution in [2.45, 2.75) is 31.5 Å². The Morgan fingerprint density at radius 3 is 2.68 bits per heavy atom. The topological polar surface area (TPSA) is 58.4 Å². The summed E-state index contributed by atoms with van der Waals surface area (Å²) in [6.45, 7) is 4.08.